The molecule has 5 rings (SSSR count). The van der Waals surface area contributed by atoms with Gasteiger partial charge in [-0.25, -0.2) is 4.98 Å². The standard InChI is InChI=1S/C22H23ClN4O3/c1-2-30-21(29)22(7-3-8-22)19-18-14(15-10-13(23)4-5-16(15)26-18)6-9-27(19)20(28)17-11-24-12-25-17/h4-5,10-12,19,26H,2-3,6-9H2,1H3,(H,24,25). The van der Waals surface area contributed by atoms with Crippen LogP contribution in [-0.2, 0) is 16.0 Å². The number of nitrogens with zero attached hydrogens (tertiary/aromatic N) is 2. The van der Waals surface area contributed by atoms with Gasteiger partial charge in [-0.15, -0.1) is 0 Å². The van der Waals surface area contributed by atoms with E-state index < -0.39 is 11.5 Å². The molecule has 2 aromatic heterocycles. The number of H-pyrrole nitrogens is 2. The second-order valence-electron chi connectivity index (χ2n) is 8.05. The minimum atomic E-state index is -0.745. The number of esters is 1. The molecule has 2 N–H and O–H groups in total. The zero-order valence-corrected chi connectivity index (χ0v) is 17.5. The summed E-state index contributed by atoms with van der Waals surface area (Å²) in [6.45, 7) is 2.64. The number of carbonyl (C=O) groups is 2. The second-order valence-corrected chi connectivity index (χ2v) is 8.49. The average Bonchev–Trinajstić information content (AvgIpc) is 3.35. The summed E-state index contributed by atoms with van der Waals surface area (Å²) in [4.78, 5) is 38.8. The summed E-state index contributed by atoms with van der Waals surface area (Å²) >= 11 is 6.26. The van der Waals surface area contributed by atoms with Crippen LogP contribution in [-0.4, -0.2) is 44.9 Å². The smallest absolute Gasteiger partial charge is 0.314 e. The summed E-state index contributed by atoms with van der Waals surface area (Å²) < 4.78 is 5.50. The number of carbonyl (C=O) groups excluding carboxylic acids is 2. The SMILES string of the molecule is CCOC(=O)C1(C2c3[nH]c4ccc(Cl)cc4c3CCN2C(=O)c2cnc[nH]2)CCC1. The third-order valence-electron chi connectivity index (χ3n) is 6.53. The Morgan fingerprint density at radius 3 is 2.87 bits per heavy atom. The van der Waals surface area contributed by atoms with Crippen molar-refractivity contribution in [2.45, 2.75) is 38.6 Å². The number of hydrogen-bond acceptors (Lipinski definition) is 4. The van der Waals surface area contributed by atoms with Crippen LogP contribution in [0.15, 0.2) is 30.7 Å². The lowest BCUT2D eigenvalue weighted by Crippen LogP contribution is -2.54. The number of amides is 1. The van der Waals surface area contributed by atoms with Crippen molar-refractivity contribution >= 4 is 34.4 Å². The van der Waals surface area contributed by atoms with Crippen LogP contribution in [0.4, 0.5) is 0 Å². The molecule has 1 atom stereocenters. The van der Waals surface area contributed by atoms with Crippen molar-refractivity contribution in [2.75, 3.05) is 13.2 Å². The van der Waals surface area contributed by atoms with Crippen LogP contribution in [0.1, 0.15) is 54.0 Å². The number of fused-ring (bicyclic) bond motifs is 3. The van der Waals surface area contributed by atoms with Gasteiger partial charge >= 0.3 is 5.97 Å². The normalized spacial score (nSPS) is 19.9. The maximum Gasteiger partial charge on any atom is 0.314 e. The van der Waals surface area contributed by atoms with Gasteiger partial charge in [-0.05, 0) is 49.9 Å². The summed E-state index contributed by atoms with van der Waals surface area (Å²) in [7, 11) is 0. The highest BCUT2D eigenvalue weighted by Crippen LogP contribution is 2.56. The largest absolute Gasteiger partial charge is 0.465 e. The van der Waals surface area contributed by atoms with Crippen LogP contribution in [0.2, 0.25) is 5.02 Å². The van der Waals surface area contributed by atoms with Crippen LogP contribution in [0, 0.1) is 5.41 Å². The molecule has 1 aliphatic carbocycles. The molecule has 3 aromatic rings. The lowest BCUT2D eigenvalue weighted by molar-refractivity contribution is -0.168. The van der Waals surface area contributed by atoms with E-state index in [0.29, 0.717) is 43.1 Å². The van der Waals surface area contributed by atoms with Crippen molar-refractivity contribution in [1.82, 2.24) is 19.9 Å². The summed E-state index contributed by atoms with van der Waals surface area (Å²) in [5.74, 6) is -0.386. The maximum atomic E-state index is 13.4. The van der Waals surface area contributed by atoms with Crippen LogP contribution < -0.4 is 0 Å². The average molecular weight is 427 g/mol. The molecule has 0 bridgehead atoms. The molecule has 0 spiro atoms. The summed E-state index contributed by atoms with van der Waals surface area (Å²) in [6, 6.07) is 5.33. The fraction of sp³-hybridized carbons (Fsp3) is 0.409. The van der Waals surface area contributed by atoms with Gasteiger partial charge in [-0.2, -0.15) is 0 Å². The van der Waals surface area contributed by atoms with Crippen LogP contribution in [0.5, 0.6) is 0 Å². The number of nitrogens with one attached hydrogen (secondary N) is 2. The maximum absolute atomic E-state index is 13.4. The first-order chi connectivity index (χ1) is 14.5. The minimum Gasteiger partial charge on any atom is -0.465 e. The molecule has 30 heavy (non-hydrogen) atoms. The van der Waals surface area contributed by atoms with E-state index >= 15 is 0 Å². The molecule has 1 unspecified atom stereocenters. The highest BCUT2D eigenvalue weighted by Gasteiger charge is 2.57. The van der Waals surface area contributed by atoms with Gasteiger partial charge in [0.1, 0.15) is 5.69 Å². The topological polar surface area (TPSA) is 91.1 Å². The molecule has 0 radical (unpaired) electrons. The van der Waals surface area contributed by atoms with Gasteiger partial charge in [-0.3, -0.25) is 9.59 Å². The summed E-state index contributed by atoms with van der Waals surface area (Å²) in [5, 5.41) is 1.72. The quantitative estimate of drug-likeness (QED) is 0.616. The van der Waals surface area contributed by atoms with Crippen molar-refractivity contribution in [1.29, 1.82) is 0 Å². The zero-order chi connectivity index (χ0) is 20.9. The predicted molar refractivity (Wildman–Crippen MR) is 112 cm³/mol. The molecule has 8 heteroatoms. The Morgan fingerprint density at radius 1 is 1.37 bits per heavy atom. The molecule has 7 nitrogen and oxygen atoms in total. The van der Waals surface area contributed by atoms with Crippen molar-refractivity contribution < 1.29 is 14.3 Å². The fourth-order valence-electron chi connectivity index (χ4n) is 5.00. The molecule has 156 valence electrons. The van der Waals surface area contributed by atoms with Crippen LogP contribution in [0.3, 0.4) is 0 Å². The number of halogens is 1. The summed E-state index contributed by atoms with van der Waals surface area (Å²) in [5.41, 5.74) is 2.68. The van der Waals surface area contributed by atoms with Crippen molar-refractivity contribution in [2.24, 2.45) is 5.41 Å². The second kappa shape index (κ2) is 7.16. The lowest BCUT2D eigenvalue weighted by atomic mass is 9.61. The van der Waals surface area contributed by atoms with E-state index in [-0.39, 0.29) is 11.9 Å². The van der Waals surface area contributed by atoms with E-state index in [2.05, 4.69) is 15.0 Å². The number of imidazole rings is 1. The van der Waals surface area contributed by atoms with Gasteiger partial charge < -0.3 is 19.6 Å². The number of benzene rings is 1. The Kier molecular flexibility index (Phi) is 4.58. The third kappa shape index (κ3) is 2.75. The predicted octanol–water partition coefficient (Wildman–Crippen LogP) is 4.02. The number of aromatic nitrogens is 3. The molecule has 1 aromatic carbocycles. The monoisotopic (exact) mass is 426 g/mol. The van der Waals surface area contributed by atoms with Gasteiger partial charge in [0.25, 0.3) is 5.91 Å². The highest BCUT2D eigenvalue weighted by atomic mass is 35.5. The lowest BCUT2D eigenvalue weighted by Gasteiger charge is -2.50. The molecular weight excluding hydrogens is 404 g/mol. The van der Waals surface area contributed by atoms with Gasteiger partial charge in [0, 0.05) is 28.2 Å². The minimum absolute atomic E-state index is 0.157. The summed E-state index contributed by atoms with van der Waals surface area (Å²) in [6.07, 6.45) is 6.02. The molecule has 1 fully saturated rings. The van der Waals surface area contributed by atoms with Gasteiger partial charge in [0.2, 0.25) is 0 Å². The molecule has 3 heterocycles. The van der Waals surface area contributed by atoms with E-state index in [0.717, 1.165) is 28.6 Å². The van der Waals surface area contributed by atoms with Crippen LogP contribution in [0.25, 0.3) is 10.9 Å². The van der Waals surface area contributed by atoms with Crippen molar-refractivity contribution in [3.63, 3.8) is 0 Å². The Hall–Kier alpha value is -2.80. The molecule has 2 aliphatic rings. The van der Waals surface area contributed by atoms with Gasteiger partial charge in [-0.1, -0.05) is 18.0 Å². The Balaban J connectivity index is 1.68. The van der Waals surface area contributed by atoms with Crippen LogP contribution >= 0.6 is 11.6 Å². The Morgan fingerprint density at radius 2 is 2.20 bits per heavy atom. The first-order valence-corrected chi connectivity index (χ1v) is 10.7. The van der Waals surface area contributed by atoms with E-state index in [9.17, 15) is 9.59 Å². The number of aromatic amines is 2. The Bertz CT molecular complexity index is 1120. The molecular formula is C22H23ClN4O3. The molecule has 1 saturated carbocycles. The third-order valence-corrected chi connectivity index (χ3v) is 6.76. The fourth-order valence-corrected chi connectivity index (χ4v) is 5.18. The van der Waals surface area contributed by atoms with Crippen molar-refractivity contribution in [3.8, 4) is 0 Å². The Labute approximate surface area is 178 Å². The van der Waals surface area contributed by atoms with Gasteiger partial charge in [0.15, 0.2) is 0 Å². The van der Waals surface area contributed by atoms with E-state index in [1.165, 1.54) is 12.5 Å². The zero-order valence-electron chi connectivity index (χ0n) is 16.7. The first kappa shape index (κ1) is 19.2. The number of ether oxygens (including phenoxy) is 1. The molecule has 1 amide bonds. The first-order valence-electron chi connectivity index (χ1n) is 10.3. The number of rotatable bonds is 4. The highest BCUT2D eigenvalue weighted by molar-refractivity contribution is 6.31. The van der Waals surface area contributed by atoms with Gasteiger partial charge in [0.05, 0.1) is 30.6 Å². The van der Waals surface area contributed by atoms with Crippen molar-refractivity contribution in [3.05, 3.63) is 52.7 Å². The molecule has 0 saturated heterocycles. The molecule has 1 aliphatic heterocycles. The van der Waals surface area contributed by atoms with E-state index in [1.54, 1.807) is 0 Å². The van der Waals surface area contributed by atoms with E-state index in [1.807, 2.05) is 30.0 Å². The van der Waals surface area contributed by atoms with E-state index in [4.69, 9.17) is 16.3 Å². The number of hydrogen-bond donors (Lipinski definition) is 2.